The van der Waals surface area contributed by atoms with Gasteiger partial charge in [0, 0.05) is 6.54 Å². The van der Waals surface area contributed by atoms with E-state index in [0.29, 0.717) is 13.0 Å². The Morgan fingerprint density at radius 1 is 1.33 bits per heavy atom. The van der Waals surface area contributed by atoms with Crippen molar-refractivity contribution in [3.05, 3.63) is 29.3 Å². The number of amides is 2. The van der Waals surface area contributed by atoms with Crippen LogP contribution in [-0.2, 0) is 16.0 Å². The highest BCUT2D eigenvalue weighted by Gasteiger charge is 2.40. The normalized spacial score (nSPS) is 23.3. The van der Waals surface area contributed by atoms with Gasteiger partial charge in [-0.05, 0) is 63.3 Å². The van der Waals surface area contributed by atoms with E-state index in [0.717, 1.165) is 18.4 Å². The summed E-state index contributed by atoms with van der Waals surface area (Å²) >= 11 is 0. The van der Waals surface area contributed by atoms with Gasteiger partial charge >= 0.3 is 6.09 Å². The minimum Gasteiger partial charge on any atom is -0.508 e. The summed E-state index contributed by atoms with van der Waals surface area (Å²) in [5, 5.41) is 12.4. The fourth-order valence-corrected chi connectivity index (χ4v) is 3.49. The molecule has 0 saturated carbocycles. The van der Waals surface area contributed by atoms with Gasteiger partial charge in [0.15, 0.2) is 0 Å². The van der Waals surface area contributed by atoms with Crippen LogP contribution in [0.15, 0.2) is 18.2 Å². The number of carbonyl (C=O) groups excluding carboxylic acids is 2. The lowest BCUT2D eigenvalue weighted by Crippen LogP contribution is -2.44. The standard InChI is InChI=1S/C18H24N2O4/c1-18(2,3)24-17(23)19-14-8-9-20(16(14)22)15-7-5-11-4-6-12(21)10-13(11)15/h4,6,10,14-15,21H,5,7-9H2,1-3H3,(H,19,23)/t14-,15-/m0/s1. The maximum atomic E-state index is 12.7. The van der Waals surface area contributed by atoms with Crippen LogP contribution in [0.3, 0.4) is 0 Å². The second-order valence-electron chi connectivity index (χ2n) is 7.46. The van der Waals surface area contributed by atoms with Crippen molar-refractivity contribution in [3.63, 3.8) is 0 Å². The number of aromatic hydroxyl groups is 1. The molecule has 2 aliphatic rings. The molecule has 1 fully saturated rings. The quantitative estimate of drug-likeness (QED) is 0.872. The van der Waals surface area contributed by atoms with Crippen molar-refractivity contribution < 1.29 is 19.4 Å². The van der Waals surface area contributed by atoms with E-state index in [4.69, 9.17) is 4.74 Å². The average Bonchev–Trinajstić information content (AvgIpc) is 3.01. The topological polar surface area (TPSA) is 78.9 Å². The molecule has 2 atom stereocenters. The second kappa shape index (κ2) is 6.00. The molecule has 0 spiro atoms. The molecule has 1 heterocycles. The van der Waals surface area contributed by atoms with Crippen LogP contribution in [0, 0.1) is 0 Å². The van der Waals surface area contributed by atoms with Crippen LogP contribution in [0.5, 0.6) is 5.75 Å². The van der Waals surface area contributed by atoms with Gasteiger partial charge in [-0.25, -0.2) is 4.79 Å². The van der Waals surface area contributed by atoms with Crippen molar-refractivity contribution in [2.45, 2.75) is 57.7 Å². The van der Waals surface area contributed by atoms with Crippen LogP contribution in [-0.4, -0.2) is 40.2 Å². The summed E-state index contributed by atoms with van der Waals surface area (Å²) < 4.78 is 5.23. The smallest absolute Gasteiger partial charge is 0.408 e. The number of nitrogens with one attached hydrogen (secondary N) is 1. The van der Waals surface area contributed by atoms with Gasteiger partial charge in [0.05, 0.1) is 6.04 Å². The molecule has 1 aromatic carbocycles. The Hall–Kier alpha value is -2.24. The predicted molar refractivity (Wildman–Crippen MR) is 88.7 cm³/mol. The Balaban J connectivity index is 1.68. The number of alkyl carbamates (subject to hydrolysis) is 1. The van der Waals surface area contributed by atoms with Gasteiger partial charge in [-0.3, -0.25) is 4.79 Å². The van der Waals surface area contributed by atoms with Crippen LogP contribution in [0.25, 0.3) is 0 Å². The first-order chi connectivity index (χ1) is 11.2. The van der Waals surface area contributed by atoms with E-state index in [-0.39, 0.29) is 17.7 Å². The summed E-state index contributed by atoms with van der Waals surface area (Å²) in [4.78, 5) is 26.4. The summed E-state index contributed by atoms with van der Waals surface area (Å²) in [7, 11) is 0. The van der Waals surface area contributed by atoms with E-state index in [1.807, 2.05) is 11.0 Å². The number of nitrogens with zero attached hydrogens (tertiary/aromatic N) is 1. The first-order valence-corrected chi connectivity index (χ1v) is 8.36. The number of hydrogen-bond donors (Lipinski definition) is 2. The number of hydrogen-bond acceptors (Lipinski definition) is 4. The van der Waals surface area contributed by atoms with Gasteiger partial charge in [-0.15, -0.1) is 0 Å². The van der Waals surface area contributed by atoms with Crippen molar-refractivity contribution in [1.29, 1.82) is 0 Å². The fraction of sp³-hybridized carbons (Fsp3) is 0.556. The van der Waals surface area contributed by atoms with E-state index in [2.05, 4.69) is 5.32 Å². The van der Waals surface area contributed by atoms with Crippen molar-refractivity contribution in [2.24, 2.45) is 0 Å². The largest absolute Gasteiger partial charge is 0.508 e. The van der Waals surface area contributed by atoms with Gasteiger partial charge in [-0.2, -0.15) is 0 Å². The Morgan fingerprint density at radius 2 is 2.08 bits per heavy atom. The number of ether oxygens (including phenoxy) is 1. The first-order valence-electron chi connectivity index (χ1n) is 8.36. The highest BCUT2D eigenvalue weighted by atomic mass is 16.6. The van der Waals surface area contributed by atoms with Gasteiger partial charge in [0.2, 0.25) is 5.91 Å². The van der Waals surface area contributed by atoms with E-state index < -0.39 is 17.7 Å². The van der Waals surface area contributed by atoms with Crippen molar-refractivity contribution in [3.8, 4) is 5.75 Å². The number of phenolic OH excluding ortho intramolecular Hbond substituents is 1. The van der Waals surface area contributed by atoms with Crippen LogP contribution in [0.4, 0.5) is 4.79 Å². The molecule has 1 aliphatic carbocycles. The number of aryl methyl sites for hydroxylation is 1. The Bertz CT molecular complexity index is 665. The fourth-order valence-electron chi connectivity index (χ4n) is 3.49. The van der Waals surface area contributed by atoms with Crippen LogP contribution < -0.4 is 5.32 Å². The zero-order chi connectivity index (χ0) is 17.5. The lowest BCUT2D eigenvalue weighted by molar-refractivity contribution is -0.131. The molecule has 1 aliphatic heterocycles. The third-order valence-corrected chi connectivity index (χ3v) is 4.48. The lowest BCUT2D eigenvalue weighted by atomic mass is 10.1. The van der Waals surface area contributed by atoms with Crippen LogP contribution in [0.2, 0.25) is 0 Å². The Morgan fingerprint density at radius 3 is 2.79 bits per heavy atom. The molecule has 6 heteroatoms. The SMILES string of the molecule is CC(C)(C)OC(=O)N[C@H]1CCN([C@H]2CCc3ccc(O)cc32)C1=O. The molecule has 1 aromatic rings. The van der Waals surface area contributed by atoms with Gasteiger partial charge in [0.25, 0.3) is 0 Å². The minimum absolute atomic E-state index is 0.0231. The number of likely N-dealkylation sites (tertiary alicyclic amines) is 1. The molecule has 130 valence electrons. The average molecular weight is 332 g/mol. The van der Waals surface area contributed by atoms with E-state index >= 15 is 0 Å². The van der Waals surface area contributed by atoms with Gasteiger partial charge < -0.3 is 20.1 Å². The molecule has 24 heavy (non-hydrogen) atoms. The van der Waals surface area contributed by atoms with Gasteiger partial charge in [-0.1, -0.05) is 6.07 Å². The molecular weight excluding hydrogens is 308 g/mol. The third-order valence-electron chi connectivity index (χ3n) is 4.48. The van der Waals surface area contributed by atoms with Crippen molar-refractivity contribution in [1.82, 2.24) is 10.2 Å². The Kier molecular flexibility index (Phi) is 4.15. The number of benzene rings is 1. The zero-order valence-corrected chi connectivity index (χ0v) is 14.3. The van der Waals surface area contributed by atoms with Crippen LogP contribution in [0.1, 0.15) is 50.8 Å². The molecule has 2 amide bonds. The molecule has 1 saturated heterocycles. The zero-order valence-electron chi connectivity index (χ0n) is 14.3. The van der Waals surface area contributed by atoms with Crippen molar-refractivity contribution >= 4 is 12.0 Å². The number of phenols is 1. The number of rotatable bonds is 2. The summed E-state index contributed by atoms with van der Waals surface area (Å²) in [6.07, 6.45) is 1.76. The summed E-state index contributed by atoms with van der Waals surface area (Å²) in [5.74, 6) is 0.137. The third kappa shape index (κ3) is 3.32. The number of fused-ring (bicyclic) bond motifs is 1. The molecular formula is C18H24N2O4. The molecule has 0 aromatic heterocycles. The van der Waals surface area contributed by atoms with E-state index in [1.54, 1.807) is 32.9 Å². The van der Waals surface area contributed by atoms with E-state index in [1.165, 1.54) is 5.56 Å². The van der Waals surface area contributed by atoms with Crippen LogP contribution >= 0.6 is 0 Å². The van der Waals surface area contributed by atoms with Gasteiger partial charge in [0.1, 0.15) is 17.4 Å². The summed E-state index contributed by atoms with van der Waals surface area (Å²) in [6.45, 7) is 5.96. The molecule has 0 radical (unpaired) electrons. The maximum Gasteiger partial charge on any atom is 0.408 e. The van der Waals surface area contributed by atoms with E-state index in [9.17, 15) is 14.7 Å². The highest BCUT2D eigenvalue weighted by Crippen LogP contribution is 2.39. The monoisotopic (exact) mass is 332 g/mol. The highest BCUT2D eigenvalue weighted by molar-refractivity contribution is 5.88. The summed E-state index contributed by atoms with van der Waals surface area (Å²) in [5.41, 5.74) is 1.60. The molecule has 0 bridgehead atoms. The molecule has 2 N–H and O–H groups in total. The predicted octanol–water partition coefficient (Wildman–Crippen LogP) is 2.51. The maximum absolute atomic E-state index is 12.7. The lowest BCUT2D eigenvalue weighted by Gasteiger charge is -2.26. The molecule has 0 unspecified atom stereocenters. The molecule has 3 rings (SSSR count). The first kappa shape index (κ1) is 16.6. The van der Waals surface area contributed by atoms with Crippen molar-refractivity contribution in [2.75, 3.05) is 6.54 Å². The summed E-state index contributed by atoms with van der Waals surface area (Å²) in [6, 6.07) is 4.78. The number of carbonyl (C=O) groups is 2. The minimum atomic E-state index is -0.590. The Labute approximate surface area is 141 Å². The molecule has 6 nitrogen and oxygen atoms in total. The second-order valence-corrected chi connectivity index (χ2v) is 7.46.